The summed E-state index contributed by atoms with van der Waals surface area (Å²) in [6.45, 7) is 11.0. The number of hydrogen-bond donors (Lipinski definition) is 3. The molecule has 0 spiro atoms. The maximum Gasteiger partial charge on any atom is 0.0784 e. The Bertz CT molecular complexity index is 975. The standard InChI is InChI=1S/C24H29N3/c1-13-14(2)16(4)21(17(5)15(13)3)22(18-9-7-6-8-10-18)19-11-12-20(25)24(27)23(19)26/h6-12,22H,25-27H2,1-5H3. The van der Waals surface area contributed by atoms with Gasteiger partial charge in [0.15, 0.2) is 0 Å². The lowest BCUT2D eigenvalue weighted by molar-refractivity contribution is 0.934. The van der Waals surface area contributed by atoms with Gasteiger partial charge in [0.25, 0.3) is 0 Å². The van der Waals surface area contributed by atoms with Crippen molar-refractivity contribution in [3.8, 4) is 0 Å². The molecule has 0 aliphatic rings. The largest absolute Gasteiger partial charge is 0.397 e. The van der Waals surface area contributed by atoms with Crippen molar-refractivity contribution in [1.29, 1.82) is 0 Å². The van der Waals surface area contributed by atoms with Crippen LogP contribution in [0.4, 0.5) is 17.1 Å². The molecule has 0 amide bonds. The molecule has 27 heavy (non-hydrogen) atoms. The smallest absolute Gasteiger partial charge is 0.0784 e. The molecule has 3 aromatic carbocycles. The molecule has 140 valence electrons. The van der Waals surface area contributed by atoms with Crippen molar-refractivity contribution < 1.29 is 0 Å². The molecule has 0 aliphatic heterocycles. The van der Waals surface area contributed by atoms with Crippen LogP contribution in [0, 0.1) is 34.6 Å². The van der Waals surface area contributed by atoms with Crippen LogP contribution in [-0.2, 0) is 0 Å². The van der Waals surface area contributed by atoms with Gasteiger partial charge in [0.1, 0.15) is 0 Å². The molecule has 0 bridgehead atoms. The molecule has 3 heteroatoms. The Morgan fingerprint density at radius 3 is 1.67 bits per heavy atom. The van der Waals surface area contributed by atoms with Crippen LogP contribution in [0.5, 0.6) is 0 Å². The van der Waals surface area contributed by atoms with Gasteiger partial charge in [-0.15, -0.1) is 0 Å². The molecule has 0 radical (unpaired) electrons. The van der Waals surface area contributed by atoms with Crippen molar-refractivity contribution in [2.75, 3.05) is 17.2 Å². The maximum absolute atomic E-state index is 6.46. The number of nitrogen functional groups attached to an aromatic ring is 3. The van der Waals surface area contributed by atoms with Gasteiger partial charge in [0.2, 0.25) is 0 Å². The molecule has 3 aromatic rings. The molecule has 1 atom stereocenters. The first-order valence-corrected chi connectivity index (χ1v) is 9.30. The number of hydrogen-bond acceptors (Lipinski definition) is 3. The predicted octanol–water partition coefficient (Wildman–Crippen LogP) is 5.16. The van der Waals surface area contributed by atoms with Gasteiger partial charge in [-0.3, -0.25) is 0 Å². The molecule has 0 aliphatic carbocycles. The first-order valence-electron chi connectivity index (χ1n) is 9.30. The zero-order valence-electron chi connectivity index (χ0n) is 16.9. The highest BCUT2D eigenvalue weighted by Gasteiger charge is 2.26. The Kier molecular flexibility index (Phi) is 4.88. The van der Waals surface area contributed by atoms with Crippen molar-refractivity contribution in [2.24, 2.45) is 0 Å². The molecule has 0 aromatic heterocycles. The first kappa shape index (κ1) is 18.8. The van der Waals surface area contributed by atoms with Gasteiger partial charge >= 0.3 is 0 Å². The first-order chi connectivity index (χ1) is 12.8. The predicted molar refractivity (Wildman–Crippen MR) is 117 cm³/mol. The highest BCUT2D eigenvalue weighted by molar-refractivity contribution is 5.81. The Hall–Kier alpha value is -2.94. The van der Waals surface area contributed by atoms with Crippen LogP contribution in [-0.4, -0.2) is 0 Å². The van der Waals surface area contributed by atoms with Crippen LogP contribution in [0.25, 0.3) is 0 Å². The van der Waals surface area contributed by atoms with Gasteiger partial charge in [-0.1, -0.05) is 36.4 Å². The molecule has 0 fully saturated rings. The Morgan fingerprint density at radius 1 is 0.593 bits per heavy atom. The van der Waals surface area contributed by atoms with Crippen LogP contribution < -0.4 is 17.2 Å². The van der Waals surface area contributed by atoms with E-state index in [2.05, 4.69) is 58.9 Å². The lowest BCUT2D eigenvalue weighted by Gasteiger charge is -2.28. The zero-order valence-corrected chi connectivity index (χ0v) is 16.9. The molecule has 0 saturated heterocycles. The topological polar surface area (TPSA) is 78.1 Å². The second kappa shape index (κ2) is 6.99. The van der Waals surface area contributed by atoms with Crippen LogP contribution in [0.1, 0.15) is 50.4 Å². The summed E-state index contributed by atoms with van der Waals surface area (Å²) in [5.74, 6) is 0.00657. The second-order valence-electron chi connectivity index (χ2n) is 7.45. The van der Waals surface area contributed by atoms with Gasteiger partial charge in [0, 0.05) is 5.92 Å². The van der Waals surface area contributed by atoms with Gasteiger partial charge in [0.05, 0.1) is 17.1 Å². The van der Waals surface area contributed by atoms with Crippen molar-refractivity contribution in [2.45, 2.75) is 40.5 Å². The Labute approximate surface area is 162 Å². The molecular formula is C24H29N3. The number of benzene rings is 3. The summed E-state index contributed by atoms with van der Waals surface area (Å²) in [7, 11) is 0. The van der Waals surface area contributed by atoms with Crippen molar-refractivity contribution >= 4 is 17.1 Å². The number of nitrogens with two attached hydrogens (primary N) is 3. The van der Waals surface area contributed by atoms with Crippen LogP contribution in [0.15, 0.2) is 42.5 Å². The molecular weight excluding hydrogens is 330 g/mol. The fourth-order valence-electron chi connectivity index (χ4n) is 4.03. The third-order valence-corrected chi connectivity index (χ3v) is 6.15. The fourth-order valence-corrected chi connectivity index (χ4v) is 4.03. The minimum atomic E-state index is 0.00657. The summed E-state index contributed by atoms with van der Waals surface area (Å²) in [5.41, 5.74) is 30.3. The third-order valence-electron chi connectivity index (χ3n) is 6.15. The minimum absolute atomic E-state index is 0.00657. The average molecular weight is 360 g/mol. The molecule has 3 nitrogen and oxygen atoms in total. The van der Waals surface area contributed by atoms with E-state index in [1.54, 1.807) is 0 Å². The quantitative estimate of drug-likeness (QED) is 0.447. The van der Waals surface area contributed by atoms with Crippen LogP contribution >= 0.6 is 0 Å². The summed E-state index contributed by atoms with van der Waals surface area (Å²) in [6, 6.07) is 14.3. The van der Waals surface area contributed by atoms with Crippen molar-refractivity contribution in [3.05, 3.63) is 87.0 Å². The van der Waals surface area contributed by atoms with E-state index in [1.165, 1.54) is 38.9 Å². The Morgan fingerprint density at radius 2 is 1.11 bits per heavy atom. The van der Waals surface area contributed by atoms with Gasteiger partial charge in [-0.25, -0.2) is 0 Å². The molecule has 0 heterocycles. The highest BCUT2D eigenvalue weighted by atomic mass is 14.7. The lowest BCUT2D eigenvalue weighted by Crippen LogP contribution is -2.14. The van der Waals surface area contributed by atoms with Gasteiger partial charge in [-0.05, 0) is 85.2 Å². The van der Waals surface area contributed by atoms with E-state index in [0.29, 0.717) is 17.1 Å². The van der Waals surface area contributed by atoms with E-state index in [-0.39, 0.29) is 5.92 Å². The van der Waals surface area contributed by atoms with E-state index < -0.39 is 0 Å². The Balaban J connectivity index is 2.40. The van der Waals surface area contributed by atoms with E-state index in [0.717, 1.165) is 5.56 Å². The number of rotatable bonds is 3. The van der Waals surface area contributed by atoms with Crippen LogP contribution in [0.2, 0.25) is 0 Å². The minimum Gasteiger partial charge on any atom is -0.397 e. The van der Waals surface area contributed by atoms with Crippen LogP contribution in [0.3, 0.4) is 0 Å². The van der Waals surface area contributed by atoms with E-state index in [1.807, 2.05) is 18.2 Å². The van der Waals surface area contributed by atoms with Gasteiger partial charge < -0.3 is 17.2 Å². The second-order valence-corrected chi connectivity index (χ2v) is 7.45. The normalized spacial score (nSPS) is 12.2. The fraction of sp³-hybridized carbons (Fsp3) is 0.250. The van der Waals surface area contributed by atoms with Crippen molar-refractivity contribution in [1.82, 2.24) is 0 Å². The summed E-state index contributed by atoms with van der Waals surface area (Å²) < 4.78 is 0. The SMILES string of the molecule is Cc1c(C)c(C)c(C(c2ccccc2)c2ccc(N)c(N)c2N)c(C)c1C. The van der Waals surface area contributed by atoms with Crippen molar-refractivity contribution in [3.63, 3.8) is 0 Å². The molecule has 1 unspecified atom stereocenters. The maximum atomic E-state index is 6.46. The average Bonchev–Trinajstić information content (AvgIpc) is 2.68. The molecule has 0 saturated carbocycles. The van der Waals surface area contributed by atoms with E-state index in [9.17, 15) is 0 Å². The summed E-state index contributed by atoms with van der Waals surface area (Å²) in [4.78, 5) is 0. The van der Waals surface area contributed by atoms with E-state index in [4.69, 9.17) is 17.2 Å². The third kappa shape index (κ3) is 3.03. The lowest BCUT2D eigenvalue weighted by atomic mass is 9.77. The summed E-state index contributed by atoms with van der Waals surface area (Å²) >= 11 is 0. The van der Waals surface area contributed by atoms with E-state index >= 15 is 0 Å². The molecule has 3 rings (SSSR count). The zero-order chi connectivity index (χ0) is 19.9. The van der Waals surface area contributed by atoms with Gasteiger partial charge in [-0.2, -0.15) is 0 Å². The highest BCUT2D eigenvalue weighted by Crippen LogP contribution is 2.43. The molecule has 6 N–H and O–H groups in total. The number of anilines is 3. The monoisotopic (exact) mass is 359 g/mol. The summed E-state index contributed by atoms with van der Waals surface area (Å²) in [5, 5.41) is 0. The summed E-state index contributed by atoms with van der Waals surface area (Å²) in [6.07, 6.45) is 0.